The molecule has 1 N–H and O–H groups in total. The Morgan fingerprint density at radius 1 is 1.09 bits per heavy atom. The molecule has 4 nitrogen and oxygen atoms in total. The Kier molecular flexibility index (Phi) is 4.04. The molecule has 1 amide bonds. The summed E-state index contributed by atoms with van der Waals surface area (Å²) in [5.74, 6) is -0.150. The maximum absolute atomic E-state index is 12.4. The number of thiazole rings is 2. The van der Waals surface area contributed by atoms with Crippen molar-refractivity contribution in [1.82, 2.24) is 9.97 Å². The molecule has 112 valence electrons. The van der Waals surface area contributed by atoms with Crippen LogP contribution in [0.25, 0.3) is 10.6 Å². The lowest BCUT2D eigenvalue weighted by Gasteiger charge is -1.98. The molecule has 22 heavy (non-hydrogen) atoms. The Labute approximate surface area is 136 Å². The highest BCUT2D eigenvalue weighted by molar-refractivity contribution is 7.17. The van der Waals surface area contributed by atoms with Crippen LogP contribution in [0.15, 0.2) is 29.6 Å². The highest BCUT2D eigenvalue weighted by Gasteiger charge is 2.17. The van der Waals surface area contributed by atoms with Gasteiger partial charge in [-0.1, -0.05) is 29.8 Å². The van der Waals surface area contributed by atoms with E-state index in [-0.39, 0.29) is 5.91 Å². The second-order valence-electron chi connectivity index (χ2n) is 5.05. The number of carbonyl (C=O) groups excluding carboxylic acids is 1. The fraction of sp³-hybridized carbons (Fsp3) is 0.188. The van der Waals surface area contributed by atoms with Gasteiger partial charge in [0.25, 0.3) is 5.91 Å². The van der Waals surface area contributed by atoms with Crippen LogP contribution in [0.3, 0.4) is 0 Å². The van der Waals surface area contributed by atoms with Crippen molar-refractivity contribution in [1.29, 1.82) is 0 Å². The predicted octanol–water partition coefficient (Wildman–Crippen LogP) is 4.44. The van der Waals surface area contributed by atoms with E-state index in [4.69, 9.17) is 0 Å². The van der Waals surface area contributed by atoms with Gasteiger partial charge in [0.1, 0.15) is 9.88 Å². The maximum atomic E-state index is 12.4. The first-order valence-corrected chi connectivity index (χ1v) is 8.50. The molecule has 0 spiro atoms. The normalized spacial score (nSPS) is 10.7. The van der Waals surface area contributed by atoms with Gasteiger partial charge in [0.2, 0.25) is 0 Å². The lowest BCUT2D eigenvalue weighted by Crippen LogP contribution is -2.11. The van der Waals surface area contributed by atoms with Crippen molar-refractivity contribution in [2.45, 2.75) is 20.8 Å². The van der Waals surface area contributed by atoms with E-state index in [2.05, 4.69) is 15.3 Å². The molecular formula is C16H15N3OS2. The Hall–Kier alpha value is -2.05. The molecule has 0 aliphatic rings. The summed E-state index contributed by atoms with van der Waals surface area (Å²) in [6.07, 6.45) is 0. The molecule has 0 atom stereocenters. The van der Waals surface area contributed by atoms with Crippen LogP contribution in [0.4, 0.5) is 5.13 Å². The molecule has 0 bridgehead atoms. The number of carbonyl (C=O) groups is 1. The highest BCUT2D eigenvalue weighted by Crippen LogP contribution is 2.29. The molecule has 1 aromatic carbocycles. The van der Waals surface area contributed by atoms with Crippen molar-refractivity contribution < 1.29 is 4.79 Å². The molecule has 2 heterocycles. The molecule has 2 aromatic heterocycles. The fourth-order valence-corrected chi connectivity index (χ4v) is 3.64. The predicted molar refractivity (Wildman–Crippen MR) is 91.8 cm³/mol. The summed E-state index contributed by atoms with van der Waals surface area (Å²) in [4.78, 5) is 21.8. The van der Waals surface area contributed by atoms with Crippen LogP contribution in [0.5, 0.6) is 0 Å². The minimum Gasteiger partial charge on any atom is -0.297 e. The largest absolute Gasteiger partial charge is 0.297 e. The van der Waals surface area contributed by atoms with Gasteiger partial charge in [-0.2, -0.15) is 0 Å². The van der Waals surface area contributed by atoms with Crippen molar-refractivity contribution in [3.05, 3.63) is 51.5 Å². The van der Waals surface area contributed by atoms with Gasteiger partial charge >= 0.3 is 0 Å². The molecule has 0 unspecified atom stereocenters. The molecule has 0 radical (unpaired) electrons. The van der Waals surface area contributed by atoms with E-state index in [0.29, 0.717) is 10.0 Å². The summed E-state index contributed by atoms with van der Waals surface area (Å²) in [7, 11) is 0. The van der Waals surface area contributed by atoms with Crippen LogP contribution in [-0.4, -0.2) is 15.9 Å². The van der Waals surface area contributed by atoms with Crippen LogP contribution in [0.2, 0.25) is 0 Å². The minimum absolute atomic E-state index is 0.150. The Morgan fingerprint density at radius 3 is 2.45 bits per heavy atom. The number of aromatic nitrogens is 2. The lowest BCUT2D eigenvalue weighted by molar-refractivity contribution is 0.103. The summed E-state index contributed by atoms with van der Waals surface area (Å²) in [5.41, 5.74) is 3.88. The second kappa shape index (κ2) is 5.98. The van der Waals surface area contributed by atoms with E-state index in [1.54, 1.807) is 0 Å². The SMILES string of the molecule is Cc1ccc(-c2nc(C)c(C(=O)Nc3nc(C)cs3)s2)cc1. The van der Waals surface area contributed by atoms with Crippen molar-refractivity contribution in [3.63, 3.8) is 0 Å². The summed E-state index contributed by atoms with van der Waals surface area (Å²) in [6.45, 7) is 5.81. The van der Waals surface area contributed by atoms with E-state index in [0.717, 1.165) is 22.0 Å². The molecule has 0 aliphatic heterocycles. The number of hydrogen-bond acceptors (Lipinski definition) is 5. The highest BCUT2D eigenvalue weighted by atomic mass is 32.1. The molecule has 6 heteroatoms. The molecular weight excluding hydrogens is 314 g/mol. The van der Waals surface area contributed by atoms with Gasteiger partial charge in [0.05, 0.1) is 11.4 Å². The van der Waals surface area contributed by atoms with Crippen molar-refractivity contribution >= 4 is 33.7 Å². The molecule has 0 fully saturated rings. The number of rotatable bonds is 3. The smallest absolute Gasteiger partial charge is 0.269 e. The number of nitrogens with one attached hydrogen (secondary N) is 1. The van der Waals surface area contributed by atoms with Gasteiger partial charge in [-0.3, -0.25) is 10.1 Å². The van der Waals surface area contributed by atoms with Gasteiger partial charge in [-0.15, -0.1) is 22.7 Å². The standard InChI is InChI=1S/C16H15N3OS2/c1-9-4-6-12(7-5-9)15-18-11(3)13(22-15)14(20)19-16-17-10(2)8-21-16/h4-8H,1-3H3,(H,17,19,20). The molecule has 0 saturated heterocycles. The molecule has 0 saturated carbocycles. The average Bonchev–Trinajstić information content (AvgIpc) is 3.06. The zero-order valence-corrected chi connectivity index (χ0v) is 14.1. The summed E-state index contributed by atoms with van der Waals surface area (Å²) in [6, 6.07) is 8.15. The maximum Gasteiger partial charge on any atom is 0.269 e. The molecule has 3 aromatic rings. The van der Waals surface area contributed by atoms with E-state index in [1.165, 1.54) is 28.2 Å². The third-order valence-electron chi connectivity index (χ3n) is 3.14. The van der Waals surface area contributed by atoms with Crippen molar-refractivity contribution in [2.75, 3.05) is 5.32 Å². The van der Waals surface area contributed by atoms with E-state index >= 15 is 0 Å². The number of nitrogens with zero attached hydrogens (tertiary/aromatic N) is 2. The quantitative estimate of drug-likeness (QED) is 0.772. The lowest BCUT2D eigenvalue weighted by atomic mass is 10.2. The van der Waals surface area contributed by atoms with Crippen LogP contribution < -0.4 is 5.32 Å². The van der Waals surface area contributed by atoms with Crippen molar-refractivity contribution in [3.8, 4) is 10.6 Å². The zero-order chi connectivity index (χ0) is 15.7. The minimum atomic E-state index is -0.150. The Morgan fingerprint density at radius 2 is 1.82 bits per heavy atom. The number of hydrogen-bond donors (Lipinski definition) is 1. The first kappa shape index (κ1) is 14.9. The van der Waals surface area contributed by atoms with Crippen LogP contribution >= 0.6 is 22.7 Å². The van der Waals surface area contributed by atoms with Crippen LogP contribution in [0.1, 0.15) is 26.6 Å². The van der Waals surface area contributed by atoms with Gasteiger partial charge in [-0.05, 0) is 20.8 Å². The number of anilines is 1. The monoisotopic (exact) mass is 329 g/mol. The topological polar surface area (TPSA) is 54.9 Å². The van der Waals surface area contributed by atoms with Gasteiger partial charge in [0.15, 0.2) is 5.13 Å². The summed E-state index contributed by atoms with van der Waals surface area (Å²) >= 11 is 2.83. The third-order valence-corrected chi connectivity index (χ3v) is 5.22. The first-order chi connectivity index (χ1) is 10.5. The third kappa shape index (κ3) is 3.08. The molecule has 0 aliphatic carbocycles. The fourth-order valence-electron chi connectivity index (χ4n) is 1.99. The summed E-state index contributed by atoms with van der Waals surface area (Å²) in [5, 5.41) is 6.22. The van der Waals surface area contributed by atoms with Crippen LogP contribution in [0, 0.1) is 20.8 Å². The van der Waals surface area contributed by atoms with E-state index in [1.807, 2.05) is 50.4 Å². The number of aryl methyl sites for hydroxylation is 3. The number of amides is 1. The summed E-state index contributed by atoms with van der Waals surface area (Å²) < 4.78 is 0. The zero-order valence-electron chi connectivity index (χ0n) is 12.5. The van der Waals surface area contributed by atoms with Crippen molar-refractivity contribution in [2.24, 2.45) is 0 Å². The first-order valence-electron chi connectivity index (χ1n) is 6.81. The average molecular weight is 329 g/mol. The van der Waals surface area contributed by atoms with E-state index in [9.17, 15) is 4.79 Å². The number of benzene rings is 1. The van der Waals surface area contributed by atoms with Crippen LogP contribution in [-0.2, 0) is 0 Å². The Balaban J connectivity index is 1.85. The van der Waals surface area contributed by atoms with Gasteiger partial charge in [0, 0.05) is 10.9 Å². The van der Waals surface area contributed by atoms with Gasteiger partial charge < -0.3 is 0 Å². The Bertz CT molecular complexity index is 818. The second-order valence-corrected chi connectivity index (χ2v) is 6.90. The van der Waals surface area contributed by atoms with E-state index < -0.39 is 0 Å². The molecule has 3 rings (SSSR count). The van der Waals surface area contributed by atoms with Gasteiger partial charge in [-0.25, -0.2) is 9.97 Å².